The molecule has 2 heterocycles. The average molecular weight is 273 g/mol. The first kappa shape index (κ1) is 13.0. The molecule has 0 aliphatic heterocycles. The predicted molar refractivity (Wildman–Crippen MR) is 62.4 cm³/mol. The molecule has 0 radical (unpaired) electrons. The molecular weight excluding hydrogens is 263 g/mol. The van der Waals surface area contributed by atoms with Crippen LogP contribution in [-0.2, 0) is 6.18 Å². The Morgan fingerprint density at radius 2 is 2.06 bits per heavy atom. The molecule has 0 spiro atoms. The normalized spacial score (nSPS) is 13.6. The van der Waals surface area contributed by atoms with Gasteiger partial charge in [0.15, 0.2) is 0 Å². The van der Waals surface area contributed by atoms with Gasteiger partial charge in [-0.05, 0) is 36.1 Å². The molecule has 2 aromatic rings. The molecule has 0 saturated carbocycles. The maximum absolute atomic E-state index is 12.3. The van der Waals surface area contributed by atoms with Crippen LogP contribution in [0.1, 0.15) is 27.8 Å². The van der Waals surface area contributed by atoms with Crippen LogP contribution in [0.3, 0.4) is 0 Å². The summed E-state index contributed by atoms with van der Waals surface area (Å²) in [6, 6.07) is 3.90. The van der Waals surface area contributed by atoms with Gasteiger partial charge in [0.2, 0.25) is 0 Å². The topological polar surface area (TPSA) is 33.1 Å². The minimum atomic E-state index is -4.41. The van der Waals surface area contributed by atoms with Gasteiger partial charge in [-0.2, -0.15) is 13.2 Å². The molecule has 18 heavy (non-hydrogen) atoms. The molecule has 2 aromatic heterocycles. The molecule has 6 heteroatoms. The maximum Gasteiger partial charge on any atom is 0.417 e. The second-order valence-electron chi connectivity index (χ2n) is 3.86. The van der Waals surface area contributed by atoms with Crippen molar-refractivity contribution in [2.24, 2.45) is 0 Å². The molecule has 2 rings (SSSR count). The molecule has 1 atom stereocenters. The number of rotatable bonds is 2. The molecule has 0 bridgehead atoms. The fourth-order valence-corrected chi connectivity index (χ4v) is 2.24. The first-order chi connectivity index (χ1) is 8.38. The first-order valence-electron chi connectivity index (χ1n) is 5.14. The summed E-state index contributed by atoms with van der Waals surface area (Å²) in [5.74, 6) is 0. The highest BCUT2D eigenvalue weighted by Gasteiger charge is 2.31. The molecule has 0 aliphatic carbocycles. The van der Waals surface area contributed by atoms with Crippen molar-refractivity contribution in [3.63, 3.8) is 0 Å². The Hall–Kier alpha value is -1.40. The molecular formula is C12H10F3NOS. The van der Waals surface area contributed by atoms with Gasteiger partial charge in [0.1, 0.15) is 6.10 Å². The standard InChI is InChI=1S/C12H10F3NOS/c1-7-4-8(6-18-7)11(17)10-3-2-9(5-16-10)12(13,14)15/h2-6,11,17H,1H3. The zero-order valence-electron chi connectivity index (χ0n) is 9.40. The molecule has 1 unspecified atom stereocenters. The summed E-state index contributed by atoms with van der Waals surface area (Å²) in [5, 5.41) is 11.7. The number of aromatic nitrogens is 1. The lowest BCUT2D eigenvalue weighted by molar-refractivity contribution is -0.137. The number of pyridine rings is 1. The van der Waals surface area contributed by atoms with E-state index in [4.69, 9.17) is 0 Å². The number of alkyl halides is 3. The van der Waals surface area contributed by atoms with Gasteiger partial charge in [0.25, 0.3) is 0 Å². The molecule has 2 nitrogen and oxygen atoms in total. The number of hydrogen-bond donors (Lipinski definition) is 1. The zero-order valence-corrected chi connectivity index (χ0v) is 10.2. The van der Waals surface area contributed by atoms with E-state index in [0.29, 0.717) is 5.56 Å². The summed E-state index contributed by atoms with van der Waals surface area (Å²) in [4.78, 5) is 4.69. The lowest BCUT2D eigenvalue weighted by Crippen LogP contribution is -2.07. The second kappa shape index (κ2) is 4.70. The van der Waals surface area contributed by atoms with E-state index in [9.17, 15) is 18.3 Å². The average Bonchev–Trinajstić information content (AvgIpc) is 2.74. The highest BCUT2D eigenvalue weighted by atomic mass is 32.1. The van der Waals surface area contributed by atoms with Crippen LogP contribution in [0.15, 0.2) is 29.8 Å². The molecule has 0 fully saturated rings. The molecule has 0 amide bonds. The van der Waals surface area contributed by atoms with Gasteiger partial charge < -0.3 is 5.11 Å². The van der Waals surface area contributed by atoms with Gasteiger partial charge in [-0.25, -0.2) is 0 Å². The van der Waals surface area contributed by atoms with E-state index in [1.54, 1.807) is 11.4 Å². The van der Waals surface area contributed by atoms with E-state index in [-0.39, 0.29) is 5.69 Å². The lowest BCUT2D eigenvalue weighted by atomic mass is 10.1. The number of halogens is 3. The highest BCUT2D eigenvalue weighted by Crippen LogP contribution is 2.30. The Bertz CT molecular complexity index is 533. The van der Waals surface area contributed by atoms with Gasteiger partial charge in [0, 0.05) is 11.1 Å². The number of aliphatic hydroxyl groups excluding tert-OH is 1. The van der Waals surface area contributed by atoms with Crippen molar-refractivity contribution in [1.82, 2.24) is 4.98 Å². The highest BCUT2D eigenvalue weighted by molar-refractivity contribution is 7.10. The van der Waals surface area contributed by atoms with Crippen LogP contribution >= 0.6 is 11.3 Å². The molecule has 96 valence electrons. The SMILES string of the molecule is Cc1cc(C(O)c2ccc(C(F)(F)F)cn2)cs1. The van der Waals surface area contributed by atoms with Crippen LogP contribution in [-0.4, -0.2) is 10.1 Å². The van der Waals surface area contributed by atoms with E-state index in [0.717, 1.165) is 17.1 Å². The Morgan fingerprint density at radius 1 is 1.33 bits per heavy atom. The van der Waals surface area contributed by atoms with Gasteiger partial charge in [-0.3, -0.25) is 4.98 Å². The fraction of sp³-hybridized carbons (Fsp3) is 0.250. The smallest absolute Gasteiger partial charge is 0.382 e. The summed E-state index contributed by atoms with van der Waals surface area (Å²) >= 11 is 1.47. The number of nitrogens with zero attached hydrogens (tertiary/aromatic N) is 1. The van der Waals surface area contributed by atoms with Crippen molar-refractivity contribution in [2.75, 3.05) is 0 Å². The molecule has 0 aromatic carbocycles. The van der Waals surface area contributed by atoms with Crippen molar-refractivity contribution < 1.29 is 18.3 Å². The van der Waals surface area contributed by atoms with Crippen molar-refractivity contribution in [1.29, 1.82) is 0 Å². The van der Waals surface area contributed by atoms with Crippen LogP contribution in [0, 0.1) is 6.92 Å². The maximum atomic E-state index is 12.3. The molecule has 0 saturated heterocycles. The Kier molecular flexibility index (Phi) is 3.41. The van der Waals surface area contributed by atoms with Gasteiger partial charge in [0.05, 0.1) is 11.3 Å². The number of aryl methyl sites for hydroxylation is 1. The number of hydrogen-bond acceptors (Lipinski definition) is 3. The third kappa shape index (κ3) is 2.70. The van der Waals surface area contributed by atoms with Crippen molar-refractivity contribution >= 4 is 11.3 Å². The van der Waals surface area contributed by atoms with E-state index in [1.807, 2.05) is 6.92 Å². The summed E-state index contributed by atoms with van der Waals surface area (Å²) in [7, 11) is 0. The molecule has 1 N–H and O–H groups in total. The summed E-state index contributed by atoms with van der Waals surface area (Å²) in [6.45, 7) is 1.89. The minimum absolute atomic E-state index is 0.209. The van der Waals surface area contributed by atoms with E-state index >= 15 is 0 Å². The van der Waals surface area contributed by atoms with Crippen LogP contribution in [0.25, 0.3) is 0 Å². The van der Waals surface area contributed by atoms with E-state index < -0.39 is 17.8 Å². The fourth-order valence-electron chi connectivity index (χ4n) is 1.51. The largest absolute Gasteiger partial charge is 0.417 e. The summed E-state index contributed by atoms with van der Waals surface area (Å²) < 4.78 is 37.0. The van der Waals surface area contributed by atoms with Gasteiger partial charge >= 0.3 is 6.18 Å². The minimum Gasteiger partial charge on any atom is -0.382 e. The predicted octanol–water partition coefficient (Wildman–Crippen LogP) is 3.55. The van der Waals surface area contributed by atoms with Gasteiger partial charge in [-0.15, -0.1) is 11.3 Å². The molecule has 0 aliphatic rings. The zero-order chi connectivity index (χ0) is 13.3. The summed E-state index contributed by atoms with van der Waals surface area (Å²) in [5.41, 5.74) is 0.0329. The van der Waals surface area contributed by atoms with Crippen molar-refractivity contribution in [2.45, 2.75) is 19.2 Å². The first-order valence-corrected chi connectivity index (χ1v) is 6.02. The Labute approximate surface area is 106 Å². The quantitative estimate of drug-likeness (QED) is 0.907. The number of thiophene rings is 1. The van der Waals surface area contributed by atoms with Crippen LogP contribution in [0.5, 0.6) is 0 Å². The van der Waals surface area contributed by atoms with E-state index in [1.165, 1.54) is 17.4 Å². The second-order valence-corrected chi connectivity index (χ2v) is 4.98. The van der Waals surface area contributed by atoms with Crippen LogP contribution < -0.4 is 0 Å². The van der Waals surface area contributed by atoms with Crippen LogP contribution in [0.2, 0.25) is 0 Å². The monoisotopic (exact) mass is 273 g/mol. The lowest BCUT2D eigenvalue weighted by Gasteiger charge is -2.10. The Morgan fingerprint density at radius 3 is 2.50 bits per heavy atom. The van der Waals surface area contributed by atoms with E-state index in [2.05, 4.69) is 4.98 Å². The third-order valence-corrected chi connectivity index (χ3v) is 3.34. The third-order valence-electron chi connectivity index (χ3n) is 2.46. The summed E-state index contributed by atoms with van der Waals surface area (Å²) in [6.07, 6.45) is -4.66. The van der Waals surface area contributed by atoms with Crippen molar-refractivity contribution in [3.8, 4) is 0 Å². The van der Waals surface area contributed by atoms with Crippen LogP contribution in [0.4, 0.5) is 13.2 Å². The van der Waals surface area contributed by atoms with Gasteiger partial charge in [-0.1, -0.05) is 0 Å². The van der Waals surface area contributed by atoms with Crippen molar-refractivity contribution in [3.05, 3.63) is 51.5 Å². The number of aliphatic hydroxyl groups is 1. The Balaban J connectivity index is 2.24.